The van der Waals surface area contributed by atoms with Crippen LogP contribution in [0.25, 0.3) is 10.8 Å². The van der Waals surface area contributed by atoms with Crippen molar-refractivity contribution >= 4 is 34.2 Å². The van der Waals surface area contributed by atoms with Crippen molar-refractivity contribution in [3.63, 3.8) is 0 Å². The molecule has 6 heteroatoms. The van der Waals surface area contributed by atoms with Gasteiger partial charge >= 0.3 is 0 Å². The van der Waals surface area contributed by atoms with E-state index in [2.05, 4.69) is 5.32 Å². The topological polar surface area (TPSA) is 69.7 Å². The van der Waals surface area contributed by atoms with E-state index in [1.54, 1.807) is 20.0 Å². The predicted molar refractivity (Wildman–Crippen MR) is 121 cm³/mol. The molecular formula is C25H25N3O3. The standard InChI is InChI=1S/C25H25N3O3/c1-16-7-4-8-18(13-16)14-27(17(2)24(30)26-3)22(29)15-28-21-12-6-10-19-9-5-11-20(23(19)21)25(28)31/h4-13,17H,14-15H2,1-3H3,(H,26,30)/t17-/m0/s1. The van der Waals surface area contributed by atoms with Crippen LogP contribution in [0.1, 0.15) is 28.4 Å². The normalized spacial score (nSPS) is 13.4. The number of amides is 3. The molecule has 4 rings (SSSR count). The molecule has 0 aliphatic carbocycles. The van der Waals surface area contributed by atoms with Crippen molar-refractivity contribution in [1.82, 2.24) is 10.2 Å². The van der Waals surface area contributed by atoms with Crippen molar-refractivity contribution in [3.8, 4) is 0 Å². The third-order valence-corrected chi connectivity index (χ3v) is 5.79. The molecule has 1 atom stereocenters. The second kappa shape index (κ2) is 8.22. The Kier molecular flexibility index (Phi) is 5.46. The second-order valence-corrected chi connectivity index (χ2v) is 7.87. The Morgan fingerprint density at radius 1 is 1.06 bits per heavy atom. The molecule has 0 saturated carbocycles. The minimum atomic E-state index is -0.672. The average Bonchev–Trinajstić information content (AvgIpc) is 3.04. The number of anilines is 1. The van der Waals surface area contributed by atoms with Crippen molar-refractivity contribution < 1.29 is 14.4 Å². The highest BCUT2D eigenvalue weighted by Crippen LogP contribution is 2.37. The van der Waals surface area contributed by atoms with E-state index in [0.29, 0.717) is 5.56 Å². The quantitative estimate of drug-likeness (QED) is 0.672. The van der Waals surface area contributed by atoms with Gasteiger partial charge in [-0.2, -0.15) is 0 Å². The van der Waals surface area contributed by atoms with E-state index in [9.17, 15) is 14.4 Å². The summed E-state index contributed by atoms with van der Waals surface area (Å²) in [6.07, 6.45) is 0. The van der Waals surface area contributed by atoms with Crippen molar-refractivity contribution in [3.05, 3.63) is 77.4 Å². The molecule has 0 unspecified atom stereocenters. The molecular weight excluding hydrogens is 390 g/mol. The Balaban J connectivity index is 1.64. The summed E-state index contributed by atoms with van der Waals surface area (Å²) in [7, 11) is 1.55. The molecule has 3 aromatic carbocycles. The van der Waals surface area contributed by atoms with Crippen LogP contribution in [0.2, 0.25) is 0 Å². The van der Waals surface area contributed by atoms with Gasteiger partial charge in [-0.1, -0.05) is 54.1 Å². The Bertz CT molecular complexity index is 1180. The van der Waals surface area contributed by atoms with E-state index in [1.165, 1.54) is 9.80 Å². The zero-order chi connectivity index (χ0) is 22.1. The molecule has 0 bridgehead atoms. The Hall–Kier alpha value is -3.67. The van der Waals surface area contributed by atoms with Gasteiger partial charge in [0, 0.05) is 24.5 Å². The number of nitrogens with one attached hydrogen (secondary N) is 1. The maximum atomic E-state index is 13.4. The monoisotopic (exact) mass is 415 g/mol. The second-order valence-electron chi connectivity index (χ2n) is 7.87. The largest absolute Gasteiger partial charge is 0.357 e. The first-order valence-corrected chi connectivity index (χ1v) is 10.3. The number of benzene rings is 3. The molecule has 1 aliphatic rings. The summed E-state index contributed by atoms with van der Waals surface area (Å²) < 4.78 is 0. The molecule has 0 aromatic heterocycles. The van der Waals surface area contributed by atoms with Gasteiger partial charge in [0.2, 0.25) is 11.8 Å². The van der Waals surface area contributed by atoms with Gasteiger partial charge in [-0.15, -0.1) is 0 Å². The highest BCUT2D eigenvalue weighted by atomic mass is 16.2. The van der Waals surface area contributed by atoms with Gasteiger partial charge in [-0.05, 0) is 36.9 Å². The van der Waals surface area contributed by atoms with Crippen LogP contribution in [0.3, 0.4) is 0 Å². The fourth-order valence-electron chi connectivity index (χ4n) is 4.16. The van der Waals surface area contributed by atoms with Gasteiger partial charge in [0.05, 0.1) is 5.69 Å². The van der Waals surface area contributed by atoms with Gasteiger partial charge in [0.1, 0.15) is 12.6 Å². The first kappa shape index (κ1) is 20.6. The predicted octanol–water partition coefficient (Wildman–Crippen LogP) is 3.27. The number of carbonyl (C=O) groups excluding carboxylic acids is 3. The number of nitrogens with zero attached hydrogens (tertiary/aromatic N) is 2. The maximum absolute atomic E-state index is 13.4. The summed E-state index contributed by atoms with van der Waals surface area (Å²) in [6, 6.07) is 18.5. The number of carbonyl (C=O) groups is 3. The zero-order valence-electron chi connectivity index (χ0n) is 17.9. The minimum absolute atomic E-state index is 0.125. The van der Waals surface area contributed by atoms with Crippen molar-refractivity contribution in [2.24, 2.45) is 0 Å². The molecule has 158 valence electrons. The summed E-state index contributed by atoms with van der Waals surface area (Å²) >= 11 is 0. The third kappa shape index (κ3) is 3.77. The van der Waals surface area contributed by atoms with Crippen molar-refractivity contribution in [1.29, 1.82) is 0 Å². The first-order valence-electron chi connectivity index (χ1n) is 10.3. The zero-order valence-corrected chi connectivity index (χ0v) is 17.9. The van der Waals surface area contributed by atoms with Crippen LogP contribution in [-0.2, 0) is 16.1 Å². The van der Waals surface area contributed by atoms with Crippen LogP contribution in [0.15, 0.2) is 60.7 Å². The van der Waals surface area contributed by atoms with E-state index in [1.807, 2.05) is 61.5 Å². The lowest BCUT2D eigenvalue weighted by Crippen LogP contribution is -2.50. The molecule has 31 heavy (non-hydrogen) atoms. The highest BCUT2D eigenvalue weighted by Gasteiger charge is 2.34. The lowest BCUT2D eigenvalue weighted by molar-refractivity contribution is -0.139. The summed E-state index contributed by atoms with van der Waals surface area (Å²) in [5, 5.41) is 4.45. The lowest BCUT2D eigenvalue weighted by atomic mass is 10.1. The number of aryl methyl sites for hydroxylation is 1. The minimum Gasteiger partial charge on any atom is -0.357 e. The molecule has 1 aliphatic heterocycles. The lowest BCUT2D eigenvalue weighted by Gasteiger charge is -2.30. The number of rotatable bonds is 6. The molecule has 0 radical (unpaired) electrons. The summed E-state index contributed by atoms with van der Waals surface area (Å²) in [5.74, 6) is -0.724. The fourth-order valence-corrected chi connectivity index (χ4v) is 4.16. The maximum Gasteiger partial charge on any atom is 0.259 e. The molecule has 6 nitrogen and oxygen atoms in total. The van der Waals surface area contributed by atoms with Crippen molar-refractivity contribution in [2.45, 2.75) is 26.4 Å². The van der Waals surface area contributed by atoms with Gasteiger partial charge < -0.3 is 10.2 Å². The summed E-state index contributed by atoms with van der Waals surface area (Å²) in [5.41, 5.74) is 3.34. The van der Waals surface area contributed by atoms with Gasteiger partial charge in [-0.3, -0.25) is 19.3 Å². The van der Waals surface area contributed by atoms with Gasteiger partial charge in [-0.25, -0.2) is 0 Å². The van der Waals surface area contributed by atoms with Crippen LogP contribution in [0.4, 0.5) is 5.69 Å². The van der Waals surface area contributed by atoms with Crippen LogP contribution >= 0.6 is 0 Å². The molecule has 0 fully saturated rings. The molecule has 1 N–H and O–H groups in total. The molecule has 3 aromatic rings. The first-order chi connectivity index (χ1) is 14.9. The SMILES string of the molecule is CNC(=O)[C@H](C)N(Cc1cccc(C)c1)C(=O)CN1C(=O)c2cccc3cccc1c23. The fraction of sp³-hybridized carbons (Fsp3) is 0.240. The van der Waals surface area contributed by atoms with Crippen LogP contribution in [0.5, 0.6) is 0 Å². The van der Waals surface area contributed by atoms with E-state index in [4.69, 9.17) is 0 Å². The number of likely N-dealkylation sites (N-methyl/N-ethyl adjacent to an activating group) is 1. The van der Waals surface area contributed by atoms with E-state index < -0.39 is 6.04 Å². The summed E-state index contributed by atoms with van der Waals surface area (Å²) in [6.45, 7) is 3.85. The van der Waals surface area contributed by atoms with Gasteiger partial charge in [0.25, 0.3) is 5.91 Å². The van der Waals surface area contributed by atoms with Crippen LogP contribution in [-0.4, -0.2) is 42.3 Å². The van der Waals surface area contributed by atoms with E-state index >= 15 is 0 Å². The smallest absolute Gasteiger partial charge is 0.259 e. The van der Waals surface area contributed by atoms with E-state index in [0.717, 1.165) is 27.6 Å². The number of hydrogen-bond donors (Lipinski definition) is 1. The molecule has 0 spiro atoms. The van der Waals surface area contributed by atoms with Crippen LogP contribution in [0, 0.1) is 6.92 Å². The summed E-state index contributed by atoms with van der Waals surface area (Å²) in [4.78, 5) is 41.9. The van der Waals surface area contributed by atoms with E-state index in [-0.39, 0.29) is 30.8 Å². The van der Waals surface area contributed by atoms with Gasteiger partial charge in [0.15, 0.2) is 0 Å². The molecule has 1 heterocycles. The van der Waals surface area contributed by atoms with Crippen molar-refractivity contribution in [2.75, 3.05) is 18.5 Å². The Morgan fingerprint density at radius 3 is 2.48 bits per heavy atom. The molecule has 0 saturated heterocycles. The third-order valence-electron chi connectivity index (χ3n) is 5.79. The average molecular weight is 415 g/mol. The van der Waals surface area contributed by atoms with Crippen LogP contribution < -0.4 is 10.2 Å². The molecule has 3 amide bonds. The highest BCUT2D eigenvalue weighted by molar-refractivity contribution is 6.26. The Morgan fingerprint density at radius 2 is 1.77 bits per heavy atom. The number of hydrogen-bond acceptors (Lipinski definition) is 3. The Labute approximate surface area is 181 Å².